The summed E-state index contributed by atoms with van der Waals surface area (Å²) in [5, 5.41) is 0. The normalized spacial score (nSPS) is 17.5. The van der Waals surface area contributed by atoms with Gasteiger partial charge in [-0.3, -0.25) is 0 Å². The van der Waals surface area contributed by atoms with Crippen LogP contribution in [0.1, 0.15) is 64.9 Å². The zero-order valence-corrected chi connectivity index (χ0v) is 20.2. The van der Waals surface area contributed by atoms with Gasteiger partial charge in [0.25, 0.3) is 0 Å². The molecule has 1 aromatic carbocycles. The summed E-state index contributed by atoms with van der Waals surface area (Å²) in [7, 11) is -1.57. The molecule has 160 valence electrons. The largest absolute Gasteiger partial charge is 0.413 e. The van der Waals surface area contributed by atoms with Crippen molar-refractivity contribution in [3.05, 3.63) is 23.8 Å². The molecule has 0 radical (unpaired) electrons. The third-order valence-corrected chi connectivity index (χ3v) is 6.78. The molecule has 1 saturated heterocycles. The fraction of sp³-hybridized carbons (Fsp3) is 0.739. The molecular formula is C23H42N2O2Si. The van der Waals surface area contributed by atoms with E-state index in [9.17, 15) is 0 Å². The van der Waals surface area contributed by atoms with Crippen LogP contribution in [0.5, 0.6) is 0 Å². The van der Waals surface area contributed by atoms with Gasteiger partial charge < -0.3 is 19.8 Å². The maximum atomic E-state index is 6.57. The lowest BCUT2D eigenvalue weighted by Crippen LogP contribution is -2.40. The van der Waals surface area contributed by atoms with E-state index < -0.39 is 8.32 Å². The lowest BCUT2D eigenvalue weighted by molar-refractivity contribution is 0.0821. The van der Waals surface area contributed by atoms with E-state index in [0.717, 1.165) is 51.1 Å². The minimum atomic E-state index is -1.57. The Kier molecular flexibility index (Phi) is 8.00. The van der Waals surface area contributed by atoms with Gasteiger partial charge in [0.1, 0.15) is 0 Å². The lowest BCUT2D eigenvalue weighted by atomic mass is 9.86. The number of hydrogen-bond acceptors (Lipinski definition) is 4. The number of hydrogen-bond donors (Lipinski definition) is 1. The van der Waals surface area contributed by atoms with E-state index >= 15 is 0 Å². The molecule has 0 aliphatic carbocycles. The van der Waals surface area contributed by atoms with Gasteiger partial charge in [-0.05, 0) is 89.7 Å². The van der Waals surface area contributed by atoms with Crippen LogP contribution in [0, 0.1) is 0 Å². The molecule has 0 saturated carbocycles. The van der Waals surface area contributed by atoms with Gasteiger partial charge >= 0.3 is 0 Å². The van der Waals surface area contributed by atoms with Crippen LogP contribution in [0.15, 0.2) is 18.2 Å². The first-order valence-electron chi connectivity index (χ1n) is 11.0. The number of nitrogen functional groups attached to an aromatic ring is 1. The fourth-order valence-electron chi connectivity index (χ4n) is 4.67. The molecule has 0 amide bonds. The number of anilines is 2. The summed E-state index contributed by atoms with van der Waals surface area (Å²) in [6.45, 7) is 18.4. The number of benzene rings is 1. The SMILES string of the molecule is CC[C@@H](CC(C)(C)O[Si](C)(C)C)c1ccc(N(CC)C2CCOCC2)c(N)c1. The van der Waals surface area contributed by atoms with Crippen molar-refractivity contribution in [2.45, 2.75) is 90.6 Å². The van der Waals surface area contributed by atoms with E-state index in [0.29, 0.717) is 12.0 Å². The van der Waals surface area contributed by atoms with Crippen molar-refractivity contribution >= 4 is 19.7 Å². The Bertz CT molecular complexity index is 622. The van der Waals surface area contributed by atoms with Crippen LogP contribution in [0.25, 0.3) is 0 Å². The van der Waals surface area contributed by atoms with Crippen molar-refractivity contribution in [3.63, 3.8) is 0 Å². The summed E-state index contributed by atoms with van der Waals surface area (Å²) in [6, 6.07) is 7.25. The van der Waals surface area contributed by atoms with E-state index in [-0.39, 0.29) is 5.60 Å². The molecule has 1 heterocycles. The van der Waals surface area contributed by atoms with Gasteiger partial charge in [-0.25, -0.2) is 0 Å². The van der Waals surface area contributed by atoms with E-state index in [1.807, 2.05) is 0 Å². The average molecular weight is 407 g/mol. The molecule has 5 heteroatoms. The van der Waals surface area contributed by atoms with Gasteiger partial charge in [0.05, 0.1) is 17.0 Å². The van der Waals surface area contributed by atoms with Gasteiger partial charge in [-0.15, -0.1) is 0 Å². The first-order chi connectivity index (χ1) is 13.1. The van der Waals surface area contributed by atoms with Gasteiger partial charge in [0.2, 0.25) is 0 Å². The highest BCUT2D eigenvalue weighted by Crippen LogP contribution is 2.36. The molecule has 2 N–H and O–H groups in total. The minimum absolute atomic E-state index is 0.115. The topological polar surface area (TPSA) is 47.7 Å². The Morgan fingerprint density at radius 1 is 1.21 bits per heavy atom. The molecule has 1 atom stereocenters. The Labute approximate surface area is 173 Å². The Balaban J connectivity index is 2.18. The predicted molar refractivity (Wildman–Crippen MR) is 124 cm³/mol. The second-order valence-corrected chi connectivity index (χ2v) is 14.2. The van der Waals surface area contributed by atoms with Crippen LogP contribution < -0.4 is 10.6 Å². The molecule has 2 rings (SSSR count). The van der Waals surface area contributed by atoms with Gasteiger partial charge in [0.15, 0.2) is 8.32 Å². The highest BCUT2D eigenvalue weighted by atomic mass is 28.4. The van der Waals surface area contributed by atoms with Crippen molar-refractivity contribution < 1.29 is 9.16 Å². The Morgan fingerprint density at radius 3 is 2.36 bits per heavy atom. The highest BCUT2D eigenvalue weighted by Gasteiger charge is 2.30. The molecule has 0 spiro atoms. The van der Waals surface area contributed by atoms with Crippen molar-refractivity contribution in [1.29, 1.82) is 0 Å². The maximum absolute atomic E-state index is 6.57. The van der Waals surface area contributed by atoms with Crippen molar-refractivity contribution in [2.24, 2.45) is 0 Å². The van der Waals surface area contributed by atoms with Gasteiger partial charge in [0, 0.05) is 25.8 Å². The van der Waals surface area contributed by atoms with E-state index in [4.69, 9.17) is 14.9 Å². The lowest BCUT2D eigenvalue weighted by Gasteiger charge is -2.37. The van der Waals surface area contributed by atoms with Crippen LogP contribution >= 0.6 is 0 Å². The molecule has 28 heavy (non-hydrogen) atoms. The van der Waals surface area contributed by atoms with Gasteiger partial charge in [-0.2, -0.15) is 0 Å². The molecule has 1 fully saturated rings. The average Bonchev–Trinajstić information content (AvgIpc) is 2.60. The third-order valence-electron chi connectivity index (χ3n) is 5.62. The summed E-state index contributed by atoms with van der Waals surface area (Å²) in [5.74, 6) is 0.459. The molecule has 1 aliphatic rings. The van der Waals surface area contributed by atoms with Crippen molar-refractivity contribution in [3.8, 4) is 0 Å². The van der Waals surface area contributed by atoms with Crippen LogP contribution in [-0.4, -0.2) is 39.7 Å². The van der Waals surface area contributed by atoms with Crippen molar-refractivity contribution in [1.82, 2.24) is 0 Å². The molecule has 1 aromatic rings. The van der Waals surface area contributed by atoms with Crippen LogP contribution in [0.3, 0.4) is 0 Å². The number of nitrogens with two attached hydrogens (primary N) is 1. The first-order valence-corrected chi connectivity index (χ1v) is 14.4. The standard InChI is InChI=1S/C23H42N2O2Si/c1-8-18(17-23(3,4)27-28(5,6)7)19-10-11-22(21(24)16-19)25(9-2)20-12-14-26-15-13-20/h10-11,16,18,20H,8-9,12-15,17,24H2,1-7H3/t18-/m0/s1. The summed E-state index contributed by atoms with van der Waals surface area (Å²) in [5.41, 5.74) is 9.85. The van der Waals surface area contributed by atoms with Crippen LogP contribution in [0.4, 0.5) is 11.4 Å². The summed E-state index contributed by atoms with van der Waals surface area (Å²) in [4.78, 5) is 2.46. The maximum Gasteiger partial charge on any atom is 0.184 e. The number of ether oxygens (including phenoxy) is 1. The summed E-state index contributed by atoms with van der Waals surface area (Å²) in [6.07, 6.45) is 4.27. The quantitative estimate of drug-likeness (QED) is 0.416. The molecule has 0 unspecified atom stereocenters. The van der Waals surface area contributed by atoms with Crippen molar-refractivity contribution in [2.75, 3.05) is 30.4 Å². The fourth-order valence-corrected chi connectivity index (χ4v) is 6.41. The third kappa shape index (κ3) is 6.50. The highest BCUT2D eigenvalue weighted by molar-refractivity contribution is 6.69. The summed E-state index contributed by atoms with van der Waals surface area (Å²) < 4.78 is 12.0. The Morgan fingerprint density at radius 2 is 1.86 bits per heavy atom. The Hall–Kier alpha value is -1.04. The van der Waals surface area contributed by atoms with Gasteiger partial charge in [-0.1, -0.05) is 13.0 Å². The minimum Gasteiger partial charge on any atom is -0.413 e. The first kappa shape index (κ1) is 23.2. The second kappa shape index (κ2) is 9.64. The molecule has 0 bridgehead atoms. The number of nitrogens with zero attached hydrogens (tertiary/aromatic N) is 1. The molecule has 1 aliphatic heterocycles. The molecular weight excluding hydrogens is 364 g/mol. The molecule has 4 nitrogen and oxygen atoms in total. The predicted octanol–water partition coefficient (Wildman–Crippen LogP) is 5.79. The second-order valence-electron chi connectivity index (χ2n) is 9.73. The van der Waals surface area contributed by atoms with Crippen LogP contribution in [-0.2, 0) is 9.16 Å². The zero-order valence-electron chi connectivity index (χ0n) is 19.2. The van der Waals surface area contributed by atoms with E-state index in [2.05, 4.69) is 70.4 Å². The van der Waals surface area contributed by atoms with E-state index in [1.165, 1.54) is 11.3 Å². The summed E-state index contributed by atoms with van der Waals surface area (Å²) >= 11 is 0. The molecule has 0 aromatic heterocycles. The zero-order chi connectivity index (χ0) is 20.9. The van der Waals surface area contributed by atoms with E-state index in [1.54, 1.807) is 0 Å². The monoisotopic (exact) mass is 406 g/mol. The van der Waals surface area contributed by atoms with Crippen LogP contribution in [0.2, 0.25) is 19.6 Å². The number of rotatable bonds is 9. The smallest absolute Gasteiger partial charge is 0.184 e.